The lowest BCUT2D eigenvalue weighted by molar-refractivity contribution is -0.127. The summed E-state index contributed by atoms with van der Waals surface area (Å²) in [6.45, 7) is 0.704. The lowest BCUT2D eigenvalue weighted by Gasteiger charge is -2.15. The highest BCUT2D eigenvalue weighted by atomic mass is 79.9. The normalized spacial score (nSPS) is 19.8. The van der Waals surface area contributed by atoms with E-state index in [-0.39, 0.29) is 11.9 Å². The zero-order chi connectivity index (χ0) is 12.6. The van der Waals surface area contributed by atoms with E-state index in [9.17, 15) is 9.18 Å². The average Bonchev–Trinajstić information content (AvgIpc) is 2.58. The second-order valence-corrected chi connectivity index (χ2v) is 4.95. The van der Waals surface area contributed by atoms with Gasteiger partial charge in [-0.15, -0.1) is 0 Å². The minimum atomic E-state index is -0.402. The van der Waals surface area contributed by atoms with Crippen LogP contribution in [0.25, 0.3) is 0 Å². The molecule has 0 bridgehead atoms. The second-order valence-electron chi connectivity index (χ2n) is 4.10. The highest BCUT2D eigenvalue weighted by Crippen LogP contribution is 2.28. The van der Waals surface area contributed by atoms with Crippen LogP contribution in [-0.4, -0.2) is 30.4 Å². The van der Waals surface area contributed by atoms with Gasteiger partial charge < -0.3 is 16.0 Å². The molecule has 6 heteroatoms. The number of amides is 1. The van der Waals surface area contributed by atoms with Crippen LogP contribution in [0.5, 0.6) is 0 Å². The minimum Gasteiger partial charge on any atom is -0.397 e. The number of hydrogen-bond donors (Lipinski definition) is 2. The van der Waals surface area contributed by atoms with Crippen LogP contribution in [-0.2, 0) is 4.79 Å². The predicted octanol–water partition coefficient (Wildman–Crippen LogP) is 1.81. The first kappa shape index (κ1) is 12.2. The van der Waals surface area contributed by atoms with Crippen LogP contribution in [0.3, 0.4) is 0 Å². The Morgan fingerprint density at radius 2 is 2.29 bits per heavy atom. The van der Waals surface area contributed by atoms with E-state index < -0.39 is 5.82 Å². The van der Waals surface area contributed by atoms with Crippen molar-refractivity contribution in [3.05, 3.63) is 22.4 Å². The molecule has 17 heavy (non-hydrogen) atoms. The van der Waals surface area contributed by atoms with Crippen molar-refractivity contribution >= 4 is 33.2 Å². The fourth-order valence-corrected chi connectivity index (χ4v) is 2.19. The van der Waals surface area contributed by atoms with Gasteiger partial charge in [-0.25, -0.2) is 4.39 Å². The highest BCUT2D eigenvalue weighted by molar-refractivity contribution is 9.10. The van der Waals surface area contributed by atoms with Crippen molar-refractivity contribution in [2.24, 2.45) is 0 Å². The van der Waals surface area contributed by atoms with E-state index in [1.54, 1.807) is 11.9 Å². The van der Waals surface area contributed by atoms with E-state index >= 15 is 0 Å². The van der Waals surface area contributed by atoms with Crippen LogP contribution in [0, 0.1) is 5.82 Å². The van der Waals surface area contributed by atoms with E-state index in [0.717, 1.165) is 0 Å². The van der Waals surface area contributed by atoms with Crippen LogP contribution in [0.4, 0.5) is 15.8 Å². The second kappa shape index (κ2) is 4.52. The van der Waals surface area contributed by atoms with Gasteiger partial charge in [0.25, 0.3) is 0 Å². The zero-order valence-electron chi connectivity index (χ0n) is 9.34. The van der Waals surface area contributed by atoms with E-state index in [1.165, 1.54) is 12.1 Å². The van der Waals surface area contributed by atoms with Crippen LogP contribution in [0.15, 0.2) is 16.6 Å². The first-order chi connectivity index (χ1) is 7.99. The third-order valence-corrected chi connectivity index (χ3v) is 3.46. The number of halogens is 2. The fraction of sp³-hybridized carbons (Fsp3) is 0.364. The maximum absolute atomic E-state index is 13.4. The van der Waals surface area contributed by atoms with Gasteiger partial charge in [-0.2, -0.15) is 0 Å². The number of likely N-dealkylation sites (N-methyl/N-ethyl adjacent to an activating group) is 1. The van der Waals surface area contributed by atoms with Gasteiger partial charge in [0.15, 0.2) is 0 Å². The Balaban J connectivity index is 2.19. The SMILES string of the molecule is CN1CCC(Nc2cc(F)c(Br)cc2N)C1=O. The molecule has 92 valence electrons. The molecule has 1 unspecified atom stereocenters. The van der Waals surface area contributed by atoms with Crippen LogP contribution < -0.4 is 11.1 Å². The smallest absolute Gasteiger partial charge is 0.244 e. The lowest BCUT2D eigenvalue weighted by atomic mass is 10.2. The van der Waals surface area contributed by atoms with Crippen molar-refractivity contribution in [1.29, 1.82) is 0 Å². The molecule has 1 amide bonds. The number of nitrogens with two attached hydrogens (primary N) is 1. The number of likely N-dealkylation sites (tertiary alicyclic amines) is 1. The van der Waals surface area contributed by atoms with Gasteiger partial charge in [-0.3, -0.25) is 4.79 Å². The van der Waals surface area contributed by atoms with Crippen molar-refractivity contribution in [1.82, 2.24) is 4.90 Å². The molecule has 2 rings (SSSR count). The lowest BCUT2D eigenvalue weighted by Crippen LogP contribution is -2.31. The third-order valence-electron chi connectivity index (χ3n) is 2.85. The Morgan fingerprint density at radius 3 is 2.88 bits per heavy atom. The number of rotatable bonds is 2. The summed E-state index contributed by atoms with van der Waals surface area (Å²) in [4.78, 5) is 13.3. The zero-order valence-corrected chi connectivity index (χ0v) is 10.9. The minimum absolute atomic E-state index is 0.00715. The summed E-state index contributed by atoms with van der Waals surface area (Å²) in [5.41, 5.74) is 6.64. The number of nitrogens with one attached hydrogen (secondary N) is 1. The molecule has 3 N–H and O–H groups in total. The summed E-state index contributed by atoms with van der Waals surface area (Å²) < 4.78 is 13.7. The number of hydrogen-bond acceptors (Lipinski definition) is 3. The van der Waals surface area contributed by atoms with Gasteiger partial charge in [-0.05, 0) is 28.4 Å². The molecule has 1 atom stereocenters. The van der Waals surface area contributed by atoms with Crippen molar-refractivity contribution in [2.75, 3.05) is 24.6 Å². The third kappa shape index (κ3) is 2.36. The Bertz CT molecular complexity index is 466. The van der Waals surface area contributed by atoms with E-state index in [2.05, 4.69) is 21.2 Å². The molecule has 1 aromatic carbocycles. The first-order valence-corrected chi connectivity index (χ1v) is 6.04. The molecule has 0 aliphatic carbocycles. The maximum atomic E-state index is 13.4. The summed E-state index contributed by atoms with van der Waals surface area (Å²) in [5.74, 6) is -0.395. The van der Waals surface area contributed by atoms with Crippen LogP contribution >= 0.6 is 15.9 Å². The predicted molar refractivity (Wildman–Crippen MR) is 68.2 cm³/mol. The van der Waals surface area contributed by atoms with E-state index in [4.69, 9.17) is 5.73 Å². The van der Waals surface area contributed by atoms with Gasteiger partial charge in [0, 0.05) is 19.7 Å². The maximum Gasteiger partial charge on any atom is 0.244 e. The summed E-state index contributed by atoms with van der Waals surface area (Å²) >= 11 is 3.06. The number of anilines is 2. The molecule has 1 aliphatic rings. The van der Waals surface area contributed by atoms with E-state index in [0.29, 0.717) is 28.8 Å². The van der Waals surface area contributed by atoms with Gasteiger partial charge in [0.05, 0.1) is 15.8 Å². The quantitative estimate of drug-likeness (QED) is 0.819. The monoisotopic (exact) mass is 301 g/mol. The molecule has 1 fully saturated rings. The molecule has 1 aliphatic heterocycles. The van der Waals surface area contributed by atoms with Crippen molar-refractivity contribution < 1.29 is 9.18 Å². The topological polar surface area (TPSA) is 58.4 Å². The van der Waals surface area contributed by atoms with Crippen molar-refractivity contribution in [3.63, 3.8) is 0 Å². The van der Waals surface area contributed by atoms with Crippen LogP contribution in [0.1, 0.15) is 6.42 Å². The fourth-order valence-electron chi connectivity index (χ4n) is 1.83. The van der Waals surface area contributed by atoms with Crippen molar-refractivity contribution in [3.8, 4) is 0 Å². The molecular formula is C11H13BrFN3O. The van der Waals surface area contributed by atoms with Gasteiger partial charge >= 0.3 is 0 Å². The largest absolute Gasteiger partial charge is 0.397 e. The van der Waals surface area contributed by atoms with E-state index in [1.807, 2.05) is 0 Å². The van der Waals surface area contributed by atoms with Crippen molar-refractivity contribution in [2.45, 2.75) is 12.5 Å². The Hall–Kier alpha value is -1.30. The average molecular weight is 302 g/mol. The van der Waals surface area contributed by atoms with Gasteiger partial charge in [-0.1, -0.05) is 0 Å². The molecule has 0 radical (unpaired) electrons. The number of carbonyl (C=O) groups excluding carboxylic acids is 1. The van der Waals surface area contributed by atoms with Gasteiger partial charge in [0.2, 0.25) is 5.91 Å². The molecular weight excluding hydrogens is 289 g/mol. The summed E-state index contributed by atoms with van der Waals surface area (Å²) in [6, 6.07) is 2.47. The number of benzene rings is 1. The number of carbonyl (C=O) groups is 1. The highest BCUT2D eigenvalue weighted by Gasteiger charge is 2.29. The summed E-state index contributed by atoms with van der Waals surface area (Å²) in [5, 5.41) is 2.98. The molecule has 0 aromatic heterocycles. The van der Waals surface area contributed by atoms with Gasteiger partial charge in [0.1, 0.15) is 11.9 Å². The molecule has 0 saturated carbocycles. The molecule has 1 heterocycles. The molecule has 4 nitrogen and oxygen atoms in total. The molecule has 1 aromatic rings. The standard InChI is InChI=1S/C11H13BrFN3O/c1-16-3-2-9(11(16)17)15-10-5-7(13)6(12)4-8(10)14/h4-5,9,15H,2-3,14H2,1H3. The summed E-state index contributed by atoms with van der Waals surface area (Å²) in [6.07, 6.45) is 0.701. The van der Waals surface area contributed by atoms with Crippen LogP contribution in [0.2, 0.25) is 0 Å². The Labute approximate surface area is 107 Å². The summed E-state index contributed by atoms with van der Waals surface area (Å²) in [7, 11) is 1.75. The Morgan fingerprint density at radius 1 is 1.59 bits per heavy atom. The molecule has 1 saturated heterocycles. The first-order valence-electron chi connectivity index (χ1n) is 5.25. The number of nitrogens with zero attached hydrogens (tertiary/aromatic N) is 1. The molecule has 0 spiro atoms. The Kier molecular flexibility index (Phi) is 3.24. The number of nitrogen functional groups attached to an aromatic ring is 1.